The van der Waals surface area contributed by atoms with Gasteiger partial charge in [0.1, 0.15) is 11.4 Å². The van der Waals surface area contributed by atoms with Crippen LogP contribution in [0.25, 0.3) is 0 Å². The number of aromatic nitrogens is 2. The van der Waals surface area contributed by atoms with E-state index in [1.807, 2.05) is 0 Å². The Kier molecular flexibility index (Phi) is 4.09. The number of hydrogen-bond acceptors (Lipinski definition) is 4. The van der Waals surface area contributed by atoms with Crippen LogP contribution in [-0.4, -0.2) is 29.3 Å². The van der Waals surface area contributed by atoms with Gasteiger partial charge in [0.2, 0.25) is 0 Å². The molecule has 0 fully saturated rings. The number of carbonyl (C=O) groups is 1. The highest BCUT2D eigenvalue weighted by molar-refractivity contribution is 9.10. The molecule has 2 N–H and O–H groups in total. The van der Waals surface area contributed by atoms with E-state index in [1.165, 1.54) is 0 Å². The third kappa shape index (κ3) is 3.36. The molecule has 0 atom stereocenters. The third-order valence-electron chi connectivity index (χ3n) is 2.34. The fourth-order valence-electron chi connectivity index (χ4n) is 1.46. The van der Waals surface area contributed by atoms with Crippen LogP contribution in [0.1, 0.15) is 0 Å². The molecule has 0 saturated heterocycles. The van der Waals surface area contributed by atoms with E-state index < -0.39 is 22.5 Å². The van der Waals surface area contributed by atoms with Crippen molar-refractivity contribution < 1.29 is 18.3 Å². The molecule has 0 unspecified atom stereocenters. The minimum atomic E-state index is -3.81. The molecule has 1 aromatic carbocycles. The molecule has 0 spiro atoms. The Labute approximate surface area is 123 Å². The largest absolute Gasteiger partial charge is 0.480 e. The van der Waals surface area contributed by atoms with E-state index in [0.717, 1.165) is 17.1 Å². The lowest BCUT2D eigenvalue weighted by atomic mass is 10.3. The maximum absolute atomic E-state index is 12.1. The summed E-state index contributed by atoms with van der Waals surface area (Å²) in [6.45, 7) is -0.398. The molecule has 0 aliphatic heterocycles. The van der Waals surface area contributed by atoms with Crippen LogP contribution in [0.15, 0.2) is 46.0 Å². The molecule has 0 aliphatic carbocycles. The summed E-state index contributed by atoms with van der Waals surface area (Å²) in [5.41, 5.74) is 0.387. The van der Waals surface area contributed by atoms with Crippen LogP contribution in [-0.2, 0) is 21.4 Å². The molecule has 0 saturated carbocycles. The molecule has 0 amide bonds. The normalized spacial score (nSPS) is 11.2. The van der Waals surface area contributed by atoms with Crippen molar-refractivity contribution in [3.05, 3.63) is 41.1 Å². The summed E-state index contributed by atoms with van der Waals surface area (Å²) in [5.74, 6) is -1.10. The Hall–Kier alpha value is -1.87. The lowest BCUT2D eigenvalue weighted by Crippen LogP contribution is -2.13. The molecule has 7 nitrogen and oxygen atoms in total. The van der Waals surface area contributed by atoms with Crippen molar-refractivity contribution in [2.75, 3.05) is 4.72 Å². The standard InChI is InChI=1S/C11H10BrN3O4S/c12-9-3-1-2-4-10(9)14-20(18,19)8-5-13-15(6-8)7-11(16)17/h1-6,14H,7H2,(H,16,17). The first-order valence-corrected chi connectivity index (χ1v) is 7.68. The summed E-state index contributed by atoms with van der Waals surface area (Å²) < 4.78 is 28.3. The van der Waals surface area contributed by atoms with E-state index in [-0.39, 0.29) is 4.90 Å². The molecule has 1 aromatic heterocycles. The number of nitrogens with zero attached hydrogens (tertiary/aromatic N) is 2. The summed E-state index contributed by atoms with van der Waals surface area (Å²) in [6, 6.07) is 6.75. The summed E-state index contributed by atoms with van der Waals surface area (Å²) in [5, 5.41) is 12.3. The molecule has 9 heteroatoms. The van der Waals surface area contributed by atoms with Gasteiger partial charge in [0, 0.05) is 10.7 Å². The summed E-state index contributed by atoms with van der Waals surface area (Å²) >= 11 is 3.23. The molecule has 0 aliphatic rings. The van der Waals surface area contributed by atoms with Crippen LogP contribution >= 0.6 is 15.9 Å². The summed E-state index contributed by atoms with van der Waals surface area (Å²) in [6.07, 6.45) is 2.26. The van der Waals surface area contributed by atoms with Gasteiger partial charge in [-0.15, -0.1) is 0 Å². The number of aliphatic carboxylic acids is 1. The predicted molar refractivity (Wildman–Crippen MR) is 74.8 cm³/mol. The zero-order chi connectivity index (χ0) is 14.8. The van der Waals surface area contributed by atoms with E-state index >= 15 is 0 Å². The number of hydrogen-bond donors (Lipinski definition) is 2. The van der Waals surface area contributed by atoms with Crippen LogP contribution in [0, 0.1) is 0 Å². The number of anilines is 1. The maximum atomic E-state index is 12.1. The second-order valence-corrected chi connectivity index (χ2v) is 6.39. The Morgan fingerprint density at radius 1 is 1.40 bits per heavy atom. The highest BCUT2D eigenvalue weighted by Gasteiger charge is 2.18. The van der Waals surface area contributed by atoms with E-state index in [4.69, 9.17) is 5.11 Å². The minimum Gasteiger partial charge on any atom is -0.480 e. The van der Waals surface area contributed by atoms with Crippen molar-refractivity contribution in [1.82, 2.24) is 9.78 Å². The Morgan fingerprint density at radius 3 is 2.75 bits per heavy atom. The van der Waals surface area contributed by atoms with E-state index in [9.17, 15) is 13.2 Å². The zero-order valence-electron chi connectivity index (χ0n) is 10.0. The second-order valence-electron chi connectivity index (χ2n) is 3.85. The second kappa shape index (κ2) is 5.63. The number of sulfonamides is 1. The lowest BCUT2D eigenvalue weighted by Gasteiger charge is -2.07. The van der Waals surface area contributed by atoms with Gasteiger partial charge >= 0.3 is 5.97 Å². The van der Waals surface area contributed by atoms with Gasteiger partial charge < -0.3 is 5.11 Å². The van der Waals surface area contributed by atoms with E-state index in [1.54, 1.807) is 24.3 Å². The van der Waals surface area contributed by atoms with Crippen molar-refractivity contribution in [3.8, 4) is 0 Å². The van der Waals surface area contributed by atoms with Crippen LogP contribution in [0.5, 0.6) is 0 Å². The number of benzene rings is 1. The lowest BCUT2D eigenvalue weighted by molar-refractivity contribution is -0.137. The van der Waals surface area contributed by atoms with Crippen LogP contribution in [0.3, 0.4) is 0 Å². The molecule has 2 aromatic rings. The van der Waals surface area contributed by atoms with Gasteiger partial charge in [-0.3, -0.25) is 14.2 Å². The van der Waals surface area contributed by atoms with Gasteiger partial charge in [0.05, 0.1) is 11.9 Å². The minimum absolute atomic E-state index is 0.102. The molecule has 20 heavy (non-hydrogen) atoms. The number of carboxylic acid groups (broad SMARTS) is 1. The van der Waals surface area contributed by atoms with Crippen LogP contribution < -0.4 is 4.72 Å². The number of nitrogens with one attached hydrogen (secondary N) is 1. The van der Waals surface area contributed by atoms with Crippen molar-refractivity contribution in [2.24, 2.45) is 0 Å². The van der Waals surface area contributed by atoms with Crippen molar-refractivity contribution >= 4 is 37.6 Å². The average Bonchev–Trinajstić information content (AvgIpc) is 2.80. The Bertz CT molecular complexity index is 742. The van der Waals surface area contributed by atoms with Crippen molar-refractivity contribution in [2.45, 2.75) is 11.4 Å². The average molecular weight is 360 g/mol. The number of para-hydroxylation sites is 1. The topological polar surface area (TPSA) is 101 Å². The molecular weight excluding hydrogens is 350 g/mol. The Morgan fingerprint density at radius 2 is 2.10 bits per heavy atom. The summed E-state index contributed by atoms with van der Waals surface area (Å²) in [7, 11) is -3.81. The Balaban J connectivity index is 2.25. The molecule has 0 bridgehead atoms. The quantitative estimate of drug-likeness (QED) is 0.842. The fraction of sp³-hybridized carbons (Fsp3) is 0.0909. The predicted octanol–water partition coefficient (Wildman–Crippen LogP) is 1.53. The number of rotatable bonds is 5. The zero-order valence-corrected chi connectivity index (χ0v) is 12.4. The first kappa shape index (κ1) is 14.5. The molecular formula is C11H10BrN3O4S. The highest BCUT2D eigenvalue weighted by Crippen LogP contribution is 2.24. The maximum Gasteiger partial charge on any atom is 0.325 e. The van der Waals surface area contributed by atoms with E-state index in [2.05, 4.69) is 25.8 Å². The van der Waals surface area contributed by atoms with E-state index in [0.29, 0.717) is 10.2 Å². The fourth-order valence-corrected chi connectivity index (χ4v) is 3.00. The van der Waals surface area contributed by atoms with Crippen LogP contribution in [0.2, 0.25) is 0 Å². The van der Waals surface area contributed by atoms with Gasteiger partial charge in [-0.05, 0) is 28.1 Å². The number of carboxylic acids is 1. The molecule has 2 rings (SSSR count). The first-order valence-electron chi connectivity index (χ1n) is 5.40. The molecule has 106 valence electrons. The highest BCUT2D eigenvalue weighted by atomic mass is 79.9. The van der Waals surface area contributed by atoms with Gasteiger partial charge in [0.25, 0.3) is 10.0 Å². The van der Waals surface area contributed by atoms with Crippen LogP contribution in [0.4, 0.5) is 5.69 Å². The smallest absolute Gasteiger partial charge is 0.325 e. The van der Waals surface area contributed by atoms with Crippen molar-refractivity contribution in [1.29, 1.82) is 0 Å². The monoisotopic (exact) mass is 359 g/mol. The molecule has 1 heterocycles. The summed E-state index contributed by atoms with van der Waals surface area (Å²) in [4.78, 5) is 10.4. The first-order chi connectivity index (χ1) is 9.38. The van der Waals surface area contributed by atoms with Crippen molar-refractivity contribution in [3.63, 3.8) is 0 Å². The van der Waals surface area contributed by atoms with Gasteiger partial charge in [-0.2, -0.15) is 5.10 Å². The third-order valence-corrected chi connectivity index (χ3v) is 4.35. The molecule has 0 radical (unpaired) electrons. The van der Waals surface area contributed by atoms with Gasteiger partial charge in [-0.1, -0.05) is 12.1 Å². The SMILES string of the molecule is O=C(O)Cn1cc(S(=O)(=O)Nc2ccccc2Br)cn1. The van der Waals surface area contributed by atoms with Gasteiger partial charge in [0.15, 0.2) is 0 Å². The number of halogens is 1. The van der Waals surface area contributed by atoms with Gasteiger partial charge in [-0.25, -0.2) is 8.42 Å².